The number of carbonyl (C=O) groups is 1. The Kier molecular flexibility index (Phi) is 5.18. The van der Waals surface area contributed by atoms with Crippen LogP contribution in [0.2, 0.25) is 0 Å². The summed E-state index contributed by atoms with van der Waals surface area (Å²) in [6, 6.07) is 6.49. The second-order valence-electron chi connectivity index (χ2n) is 6.93. The van der Waals surface area contributed by atoms with E-state index in [2.05, 4.69) is 9.97 Å². The van der Waals surface area contributed by atoms with E-state index in [0.717, 1.165) is 18.7 Å². The van der Waals surface area contributed by atoms with Crippen molar-refractivity contribution in [3.8, 4) is 0 Å². The van der Waals surface area contributed by atoms with Crippen molar-refractivity contribution in [2.24, 2.45) is 0 Å². The summed E-state index contributed by atoms with van der Waals surface area (Å²) in [6.45, 7) is 3.15. The molecule has 0 radical (unpaired) electrons. The second kappa shape index (κ2) is 7.37. The van der Waals surface area contributed by atoms with Gasteiger partial charge in [-0.15, -0.1) is 0 Å². The standard InChI is InChI=1S/C19H23FN4O2/c1-14-4-5-15(10-21-14)18(25)23(2)12-19(26)8-3-9-24(13-19)17-7-6-16(20)11-22-17/h4-7,10-11,26H,3,8-9,12-13H2,1-2H3/t19-/m1/s1. The number of halogens is 1. The maximum absolute atomic E-state index is 13.1. The van der Waals surface area contributed by atoms with Crippen molar-refractivity contribution in [3.63, 3.8) is 0 Å². The van der Waals surface area contributed by atoms with Gasteiger partial charge in [0.2, 0.25) is 0 Å². The van der Waals surface area contributed by atoms with Crippen molar-refractivity contribution in [2.45, 2.75) is 25.4 Å². The minimum absolute atomic E-state index is 0.178. The van der Waals surface area contributed by atoms with Gasteiger partial charge in [-0.05, 0) is 44.0 Å². The lowest BCUT2D eigenvalue weighted by Crippen LogP contribution is -2.54. The van der Waals surface area contributed by atoms with Crippen LogP contribution in [-0.2, 0) is 0 Å². The maximum Gasteiger partial charge on any atom is 0.255 e. The number of amides is 1. The van der Waals surface area contributed by atoms with Gasteiger partial charge in [-0.3, -0.25) is 9.78 Å². The minimum Gasteiger partial charge on any atom is -0.386 e. The molecule has 7 heteroatoms. The number of rotatable bonds is 4. The van der Waals surface area contributed by atoms with Crippen LogP contribution in [0.4, 0.5) is 10.2 Å². The van der Waals surface area contributed by atoms with Gasteiger partial charge >= 0.3 is 0 Å². The van der Waals surface area contributed by atoms with Crippen molar-refractivity contribution < 1.29 is 14.3 Å². The average molecular weight is 358 g/mol. The number of nitrogens with zero attached hydrogens (tertiary/aromatic N) is 4. The third-order valence-electron chi connectivity index (χ3n) is 4.63. The topological polar surface area (TPSA) is 69.6 Å². The molecule has 1 N–H and O–H groups in total. The van der Waals surface area contributed by atoms with Gasteiger partial charge in [-0.2, -0.15) is 0 Å². The van der Waals surface area contributed by atoms with E-state index >= 15 is 0 Å². The highest BCUT2D eigenvalue weighted by Crippen LogP contribution is 2.26. The molecule has 1 atom stereocenters. The van der Waals surface area contributed by atoms with Gasteiger partial charge in [0.25, 0.3) is 5.91 Å². The molecule has 3 rings (SSSR count). The molecule has 1 fully saturated rings. The molecule has 26 heavy (non-hydrogen) atoms. The Bertz CT molecular complexity index is 766. The van der Waals surface area contributed by atoms with Crippen molar-refractivity contribution in [2.75, 3.05) is 31.6 Å². The number of β-amino-alcohol motifs (C(OH)–C–C–N with tert-alkyl or cyclic N) is 1. The molecule has 0 aliphatic carbocycles. The van der Waals surface area contributed by atoms with E-state index in [-0.39, 0.29) is 12.5 Å². The van der Waals surface area contributed by atoms with E-state index in [1.165, 1.54) is 17.2 Å². The van der Waals surface area contributed by atoms with Crippen LogP contribution < -0.4 is 4.90 Å². The molecule has 2 aromatic heterocycles. The quantitative estimate of drug-likeness (QED) is 0.906. The zero-order valence-corrected chi connectivity index (χ0v) is 15.0. The number of likely N-dealkylation sites (N-methyl/N-ethyl adjacent to an activating group) is 1. The lowest BCUT2D eigenvalue weighted by atomic mass is 9.92. The van der Waals surface area contributed by atoms with Crippen molar-refractivity contribution >= 4 is 11.7 Å². The first-order valence-electron chi connectivity index (χ1n) is 8.63. The van der Waals surface area contributed by atoms with Crippen molar-refractivity contribution in [3.05, 3.63) is 53.7 Å². The Morgan fingerprint density at radius 2 is 2.12 bits per heavy atom. The highest BCUT2D eigenvalue weighted by molar-refractivity contribution is 5.93. The Morgan fingerprint density at radius 3 is 2.77 bits per heavy atom. The van der Waals surface area contributed by atoms with Gasteiger partial charge in [0.15, 0.2) is 0 Å². The molecule has 6 nitrogen and oxygen atoms in total. The Hall–Kier alpha value is -2.54. The number of hydrogen-bond donors (Lipinski definition) is 1. The molecule has 0 bridgehead atoms. The zero-order valence-electron chi connectivity index (χ0n) is 15.0. The molecule has 138 valence electrons. The molecule has 1 aliphatic heterocycles. The van der Waals surface area contributed by atoms with E-state index < -0.39 is 11.4 Å². The van der Waals surface area contributed by atoms with Gasteiger partial charge in [0.05, 0.1) is 23.9 Å². The van der Waals surface area contributed by atoms with Crippen LogP contribution in [0.25, 0.3) is 0 Å². The molecule has 0 unspecified atom stereocenters. The highest BCUT2D eigenvalue weighted by atomic mass is 19.1. The van der Waals surface area contributed by atoms with Crippen LogP contribution in [0.5, 0.6) is 0 Å². The number of anilines is 1. The molecule has 0 spiro atoms. The summed E-state index contributed by atoms with van der Waals surface area (Å²) in [5.74, 6) is 0.0576. The summed E-state index contributed by atoms with van der Waals surface area (Å²) in [4.78, 5) is 24.3. The second-order valence-corrected chi connectivity index (χ2v) is 6.93. The van der Waals surface area contributed by atoms with Gasteiger partial charge < -0.3 is 14.9 Å². The fourth-order valence-corrected chi connectivity index (χ4v) is 3.32. The van der Waals surface area contributed by atoms with Crippen LogP contribution in [0.15, 0.2) is 36.7 Å². The first-order chi connectivity index (χ1) is 12.4. The van der Waals surface area contributed by atoms with Gasteiger partial charge in [-0.1, -0.05) is 0 Å². The average Bonchev–Trinajstić information content (AvgIpc) is 2.62. The number of pyridine rings is 2. The van der Waals surface area contributed by atoms with Crippen LogP contribution in [0.3, 0.4) is 0 Å². The molecular weight excluding hydrogens is 335 g/mol. The van der Waals surface area contributed by atoms with Crippen molar-refractivity contribution in [1.29, 1.82) is 0 Å². The molecule has 1 aliphatic rings. The number of aromatic nitrogens is 2. The van der Waals surface area contributed by atoms with Gasteiger partial charge in [0, 0.05) is 32.0 Å². The minimum atomic E-state index is -1.04. The number of hydrogen-bond acceptors (Lipinski definition) is 5. The van der Waals surface area contributed by atoms with Crippen molar-refractivity contribution in [1.82, 2.24) is 14.9 Å². The molecule has 2 aromatic rings. The molecule has 0 aromatic carbocycles. The van der Waals surface area contributed by atoms with E-state index in [4.69, 9.17) is 0 Å². The van der Waals surface area contributed by atoms with E-state index in [1.54, 1.807) is 31.4 Å². The molecule has 0 saturated carbocycles. The third kappa shape index (κ3) is 4.16. The predicted molar refractivity (Wildman–Crippen MR) is 96.5 cm³/mol. The molecule has 1 saturated heterocycles. The maximum atomic E-state index is 13.1. The third-order valence-corrected chi connectivity index (χ3v) is 4.63. The highest BCUT2D eigenvalue weighted by Gasteiger charge is 2.36. The van der Waals surface area contributed by atoms with E-state index in [0.29, 0.717) is 24.3 Å². The Morgan fingerprint density at radius 1 is 1.31 bits per heavy atom. The van der Waals surface area contributed by atoms with Gasteiger partial charge in [0.1, 0.15) is 11.6 Å². The summed E-state index contributed by atoms with van der Waals surface area (Å²) < 4.78 is 13.1. The fourth-order valence-electron chi connectivity index (χ4n) is 3.32. The molecule has 3 heterocycles. The van der Waals surface area contributed by atoms with Crippen LogP contribution in [0, 0.1) is 12.7 Å². The summed E-state index contributed by atoms with van der Waals surface area (Å²) in [5, 5.41) is 11.0. The number of carbonyl (C=O) groups excluding carboxylic acids is 1. The predicted octanol–water partition coefficient (Wildman–Crippen LogP) is 2.03. The number of piperidine rings is 1. The van der Waals surface area contributed by atoms with Crippen LogP contribution in [-0.4, -0.2) is 58.2 Å². The first-order valence-corrected chi connectivity index (χ1v) is 8.63. The summed E-state index contributed by atoms with van der Waals surface area (Å²) >= 11 is 0. The normalized spacial score (nSPS) is 20.1. The molecular formula is C19H23FN4O2. The first kappa shape index (κ1) is 18.3. The van der Waals surface area contributed by atoms with Crippen LogP contribution >= 0.6 is 0 Å². The number of aryl methyl sites for hydroxylation is 1. The Labute approximate surface area is 152 Å². The lowest BCUT2D eigenvalue weighted by Gasteiger charge is -2.41. The molecule has 1 amide bonds. The summed E-state index contributed by atoms with van der Waals surface area (Å²) in [5.41, 5.74) is 0.295. The SMILES string of the molecule is Cc1ccc(C(=O)N(C)C[C@]2(O)CCCN(c3ccc(F)cn3)C2)cn1. The van der Waals surface area contributed by atoms with Crippen LogP contribution in [0.1, 0.15) is 28.9 Å². The Balaban J connectivity index is 1.68. The smallest absolute Gasteiger partial charge is 0.255 e. The lowest BCUT2D eigenvalue weighted by molar-refractivity contribution is -0.000147. The monoisotopic (exact) mass is 358 g/mol. The zero-order chi connectivity index (χ0) is 18.7. The number of aliphatic hydroxyl groups is 1. The summed E-state index contributed by atoms with van der Waals surface area (Å²) in [7, 11) is 1.68. The largest absolute Gasteiger partial charge is 0.386 e. The van der Waals surface area contributed by atoms with E-state index in [1.807, 2.05) is 11.8 Å². The van der Waals surface area contributed by atoms with Gasteiger partial charge in [-0.25, -0.2) is 9.37 Å². The summed E-state index contributed by atoms with van der Waals surface area (Å²) in [6.07, 6.45) is 4.08. The van der Waals surface area contributed by atoms with E-state index in [9.17, 15) is 14.3 Å². The fraction of sp³-hybridized carbons (Fsp3) is 0.421.